The molecule has 0 fully saturated rings. The van der Waals surface area contributed by atoms with Gasteiger partial charge in [-0.2, -0.15) is 0 Å². The lowest BCUT2D eigenvalue weighted by Crippen LogP contribution is -2.10. The fourth-order valence-corrected chi connectivity index (χ4v) is 4.75. The van der Waals surface area contributed by atoms with Crippen molar-refractivity contribution < 1.29 is 4.74 Å². The molecule has 0 spiro atoms. The number of benzene rings is 1. The molecule has 1 aromatic carbocycles. The molecule has 3 aromatic rings. The van der Waals surface area contributed by atoms with Crippen LogP contribution in [0.5, 0.6) is 5.75 Å². The highest BCUT2D eigenvalue weighted by Crippen LogP contribution is 2.38. The number of nitrogens with two attached hydrogens (primary N) is 1. The number of nitrogens with one attached hydrogen (secondary N) is 1. The number of aryl methyl sites for hydroxylation is 2. The Morgan fingerprint density at radius 2 is 1.80 bits per heavy atom. The van der Waals surface area contributed by atoms with Crippen molar-refractivity contribution in [1.82, 2.24) is 9.97 Å². The summed E-state index contributed by atoms with van der Waals surface area (Å²) in [4.78, 5) is 12.0. The van der Waals surface area contributed by atoms with Gasteiger partial charge in [0, 0.05) is 10.4 Å². The number of fused-ring (bicyclic) bond motifs is 3. The molecule has 0 unspecified atom stereocenters. The Labute approximate surface area is 151 Å². The van der Waals surface area contributed by atoms with Crippen molar-refractivity contribution in [2.45, 2.75) is 38.5 Å². The van der Waals surface area contributed by atoms with E-state index in [1.807, 2.05) is 24.3 Å². The van der Waals surface area contributed by atoms with Gasteiger partial charge in [-0.05, 0) is 55.5 Å². The molecule has 0 bridgehead atoms. The smallest absolute Gasteiger partial charge is 0.163 e. The van der Waals surface area contributed by atoms with Gasteiger partial charge in [0.1, 0.15) is 10.6 Å². The van der Waals surface area contributed by atoms with Crippen LogP contribution >= 0.6 is 11.3 Å². The van der Waals surface area contributed by atoms with Crippen molar-refractivity contribution >= 4 is 27.4 Å². The molecule has 0 amide bonds. The van der Waals surface area contributed by atoms with Crippen molar-refractivity contribution in [3.63, 3.8) is 0 Å². The molecule has 25 heavy (non-hydrogen) atoms. The van der Waals surface area contributed by atoms with Gasteiger partial charge in [0.25, 0.3) is 0 Å². The molecule has 1 aliphatic rings. The number of hydrazine groups is 1. The van der Waals surface area contributed by atoms with Crippen LogP contribution in [0.4, 0.5) is 5.82 Å². The van der Waals surface area contributed by atoms with Crippen molar-refractivity contribution in [3.05, 3.63) is 34.7 Å². The highest BCUT2D eigenvalue weighted by molar-refractivity contribution is 7.19. The molecular weight excluding hydrogens is 332 g/mol. The highest BCUT2D eigenvalue weighted by Gasteiger charge is 2.20. The molecule has 5 nitrogen and oxygen atoms in total. The summed E-state index contributed by atoms with van der Waals surface area (Å²) in [6.07, 6.45) is 7.33. The van der Waals surface area contributed by atoms with Gasteiger partial charge >= 0.3 is 0 Å². The zero-order valence-corrected chi connectivity index (χ0v) is 15.2. The van der Waals surface area contributed by atoms with Crippen molar-refractivity contribution in [2.75, 3.05) is 12.5 Å². The van der Waals surface area contributed by atoms with Crippen LogP contribution in [0, 0.1) is 0 Å². The summed E-state index contributed by atoms with van der Waals surface area (Å²) >= 11 is 1.80. The van der Waals surface area contributed by atoms with Crippen molar-refractivity contribution in [2.24, 2.45) is 5.84 Å². The lowest BCUT2D eigenvalue weighted by atomic mass is 9.98. The molecule has 3 N–H and O–H groups in total. The molecule has 0 saturated heterocycles. The number of anilines is 1. The largest absolute Gasteiger partial charge is 0.497 e. The van der Waals surface area contributed by atoms with E-state index in [2.05, 4.69) is 5.43 Å². The molecule has 0 saturated carbocycles. The van der Waals surface area contributed by atoms with Crippen LogP contribution < -0.4 is 16.0 Å². The third-order valence-corrected chi connectivity index (χ3v) is 5.99. The number of nitrogens with zero attached hydrogens (tertiary/aromatic N) is 2. The Hall–Kier alpha value is -2.18. The number of methoxy groups -OCH3 is 1. The zero-order valence-electron chi connectivity index (χ0n) is 14.3. The van der Waals surface area contributed by atoms with Gasteiger partial charge in [0.15, 0.2) is 11.6 Å². The molecule has 0 atom stereocenters. The first-order valence-corrected chi connectivity index (χ1v) is 9.55. The molecule has 2 heterocycles. The maximum absolute atomic E-state index is 5.82. The number of aromatic nitrogens is 2. The predicted octanol–water partition coefficient (Wildman–Crippen LogP) is 4.31. The lowest BCUT2D eigenvalue weighted by molar-refractivity contribution is 0.415. The topological polar surface area (TPSA) is 73.1 Å². The Morgan fingerprint density at radius 1 is 1.04 bits per heavy atom. The van der Waals surface area contributed by atoms with E-state index in [9.17, 15) is 0 Å². The Balaban J connectivity index is 1.84. The van der Waals surface area contributed by atoms with Gasteiger partial charge in [0.2, 0.25) is 0 Å². The molecule has 1 aliphatic carbocycles. The summed E-state index contributed by atoms with van der Waals surface area (Å²) in [5, 5.41) is 1.11. The zero-order chi connectivity index (χ0) is 17.2. The number of rotatable bonds is 3. The quantitative estimate of drug-likeness (QED) is 0.541. The van der Waals surface area contributed by atoms with E-state index >= 15 is 0 Å². The van der Waals surface area contributed by atoms with Crippen LogP contribution in [-0.4, -0.2) is 17.1 Å². The van der Waals surface area contributed by atoms with Crippen LogP contribution in [0.2, 0.25) is 0 Å². The predicted molar refractivity (Wildman–Crippen MR) is 103 cm³/mol. The Morgan fingerprint density at radius 3 is 2.52 bits per heavy atom. The monoisotopic (exact) mass is 354 g/mol. The second-order valence-corrected chi connectivity index (χ2v) is 7.45. The Bertz CT molecular complexity index is 889. The third-order valence-electron chi connectivity index (χ3n) is 4.80. The first kappa shape index (κ1) is 16.3. The van der Waals surface area contributed by atoms with Gasteiger partial charge in [-0.1, -0.05) is 12.8 Å². The normalized spacial score (nSPS) is 14.6. The maximum Gasteiger partial charge on any atom is 0.163 e. The van der Waals surface area contributed by atoms with E-state index in [1.54, 1.807) is 18.4 Å². The molecule has 130 valence electrons. The fourth-order valence-electron chi connectivity index (χ4n) is 3.48. The molecule has 4 rings (SSSR count). The molecule has 0 aliphatic heterocycles. The van der Waals surface area contributed by atoms with Gasteiger partial charge in [-0.25, -0.2) is 15.8 Å². The standard InChI is InChI=1S/C19H22N4OS/c1-24-13-10-8-12(9-11-13)17-21-18(23-20)16-14-6-4-2-3-5-7-15(14)25-19(16)22-17/h8-11H,2-7,20H2,1H3,(H,21,22,23). The number of hydrogen-bond donors (Lipinski definition) is 2. The lowest BCUT2D eigenvalue weighted by Gasteiger charge is -2.11. The Kier molecular flexibility index (Phi) is 4.55. The van der Waals surface area contributed by atoms with Crippen LogP contribution in [0.1, 0.15) is 36.1 Å². The SMILES string of the molecule is COc1ccc(-c2nc(NN)c3c4c(sc3n2)CCCCCC4)cc1. The van der Waals surface area contributed by atoms with Gasteiger partial charge < -0.3 is 10.2 Å². The van der Waals surface area contributed by atoms with E-state index in [4.69, 9.17) is 20.5 Å². The molecule has 6 heteroatoms. The number of hydrogen-bond acceptors (Lipinski definition) is 6. The second kappa shape index (κ2) is 6.98. The van der Waals surface area contributed by atoms with Crippen molar-refractivity contribution in [3.8, 4) is 17.1 Å². The molecule has 0 radical (unpaired) electrons. The van der Waals surface area contributed by atoms with Crippen LogP contribution in [0.25, 0.3) is 21.6 Å². The number of ether oxygens (including phenoxy) is 1. The minimum atomic E-state index is 0.692. The molecule has 2 aromatic heterocycles. The summed E-state index contributed by atoms with van der Waals surface area (Å²) in [6, 6.07) is 7.80. The van der Waals surface area contributed by atoms with Gasteiger partial charge in [-0.15, -0.1) is 11.3 Å². The minimum absolute atomic E-state index is 0.692. The van der Waals surface area contributed by atoms with Crippen molar-refractivity contribution in [1.29, 1.82) is 0 Å². The third kappa shape index (κ3) is 3.07. The van der Waals surface area contributed by atoms with E-state index in [-0.39, 0.29) is 0 Å². The summed E-state index contributed by atoms with van der Waals surface area (Å²) < 4.78 is 5.23. The second-order valence-electron chi connectivity index (χ2n) is 6.37. The average Bonchev–Trinajstić information content (AvgIpc) is 2.97. The van der Waals surface area contributed by atoms with E-state index in [0.717, 1.165) is 40.2 Å². The molecular formula is C19H22N4OS. The van der Waals surface area contributed by atoms with Gasteiger partial charge in [0.05, 0.1) is 12.5 Å². The van der Waals surface area contributed by atoms with E-state index in [0.29, 0.717) is 5.82 Å². The fraction of sp³-hybridized carbons (Fsp3) is 0.368. The average molecular weight is 354 g/mol. The van der Waals surface area contributed by atoms with E-state index in [1.165, 1.54) is 36.1 Å². The maximum atomic E-state index is 5.82. The summed E-state index contributed by atoms with van der Waals surface area (Å²) in [6.45, 7) is 0. The highest BCUT2D eigenvalue weighted by atomic mass is 32.1. The minimum Gasteiger partial charge on any atom is -0.497 e. The van der Waals surface area contributed by atoms with Crippen LogP contribution in [0.3, 0.4) is 0 Å². The first-order valence-electron chi connectivity index (χ1n) is 8.73. The summed E-state index contributed by atoms with van der Waals surface area (Å²) in [7, 11) is 1.66. The summed E-state index contributed by atoms with van der Waals surface area (Å²) in [5.41, 5.74) is 5.16. The van der Waals surface area contributed by atoms with E-state index < -0.39 is 0 Å². The van der Waals surface area contributed by atoms with Crippen LogP contribution in [0.15, 0.2) is 24.3 Å². The van der Waals surface area contributed by atoms with Crippen LogP contribution in [-0.2, 0) is 12.8 Å². The number of nitrogen functional groups attached to an aromatic ring is 1. The number of thiophene rings is 1. The first-order chi connectivity index (χ1) is 12.3. The van der Waals surface area contributed by atoms with Gasteiger partial charge in [-0.3, -0.25) is 0 Å². The summed E-state index contributed by atoms with van der Waals surface area (Å²) in [5.74, 6) is 8.06.